The quantitative estimate of drug-likeness (QED) is 0.814. The van der Waals surface area contributed by atoms with E-state index in [1.165, 1.54) is 6.26 Å². The van der Waals surface area contributed by atoms with Crippen molar-refractivity contribution in [3.63, 3.8) is 0 Å². The van der Waals surface area contributed by atoms with Crippen molar-refractivity contribution in [2.45, 2.75) is 19.1 Å². The second-order valence-electron chi connectivity index (χ2n) is 5.20. The standard InChI is InChI=1S/C16H17N3O5/c1-22-10-2-4-11(5-3-10)23-9-14-18-13(8-24-14)16(21)19-12-6-7-17-15(12)20/h2-5,8,12H,6-7,9H2,1H3,(H,17,20)(H,19,21). The Hall–Kier alpha value is -3.03. The highest BCUT2D eigenvalue weighted by atomic mass is 16.5. The fourth-order valence-electron chi connectivity index (χ4n) is 2.26. The number of methoxy groups -OCH3 is 1. The van der Waals surface area contributed by atoms with Crippen LogP contribution in [0.5, 0.6) is 11.5 Å². The van der Waals surface area contributed by atoms with Crippen LogP contribution in [0.4, 0.5) is 0 Å². The number of oxazole rings is 1. The average Bonchev–Trinajstić information content (AvgIpc) is 3.23. The summed E-state index contributed by atoms with van der Waals surface area (Å²) in [5, 5.41) is 5.27. The lowest BCUT2D eigenvalue weighted by Gasteiger charge is -2.07. The number of carbonyl (C=O) groups excluding carboxylic acids is 2. The number of amides is 2. The number of benzene rings is 1. The molecule has 1 atom stereocenters. The lowest BCUT2D eigenvalue weighted by atomic mass is 10.2. The summed E-state index contributed by atoms with van der Waals surface area (Å²) in [5.41, 5.74) is 0.114. The lowest BCUT2D eigenvalue weighted by Crippen LogP contribution is -2.40. The summed E-state index contributed by atoms with van der Waals surface area (Å²) in [5.74, 6) is 0.995. The van der Waals surface area contributed by atoms with Crippen molar-refractivity contribution in [3.05, 3.63) is 42.1 Å². The van der Waals surface area contributed by atoms with Gasteiger partial charge in [0.15, 0.2) is 12.3 Å². The van der Waals surface area contributed by atoms with Gasteiger partial charge in [0.2, 0.25) is 11.8 Å². The molecule has 126 valence electrons. The summed E-state index contributed by atoms with van der Waals surface area (Å²) in [6.45, 7) is 0.646. The van der Waals surface area contributed by atoms with Crippen molar-refractivity contribution >= 4 is 11.8 Å². The minimum atomic E-state index is -0.520. The zero-order chi connectivity index (χ0) is 16.9. The normalized spacial score (nSPS) is 16.5. The molecule has 1 aromatic heterocycles. The van der Waals surface area contributed by atoms with E-state index in [9.17, 15) is 9.59 Å². The van der Waals surface area contributed by atoms with E-state index in [1.807, 2.05) is 0 Å². The minimum Gasteiger partial charge on any atom is -0.497 e. The maximum Gasteiger partial charge on any atom is 0.273 e. The van der Waals surface area contributed by atoms with E-state index in [1.54, 1.807) is 31.4 Å². The van der Waals surface area contributed by atoms with Gasteiger partial charge >= 0.3 is 0 Å². The number of nitrogens with one attached hydrogen (secondary N) is 2. The third-order valence-corrected chi connectivity index (χ3v) is 3.56. The van der Waals surface area contributed by atoms with Crippen LogP contribution in [-0.4, -0.2) is 36.5 Å². The first-order chi connectivity index (χ1) is 11.7. The molecule has 0 bridgehead atoms. The molecule has 8 nitrogen and oxygen atoms in total. The Morgan fingerprint density at radius 1 is 1.38 bits per heavy atom. The Labute approximate surface area is 138 Å². The van der Waals surface area contributed by atoms with E-state index in [4.69, 9.17) is 13.9 Å². The molecule has 0 spiro atoms. The number of aromatic nitrogens is 1. The van der Waals surface area contributed by atoms with Crippen molar-refractivity contribution in [1.29, 1.82) is 0 Å². The number of ether oxygens (including phenoxy) is 2. The van der Waals surface area contributed by atoms with Crippen molar-refractivity contribution in [1.82, 2.24) is 15.6 Å². The molecule has 1 aliphatic heterocycles. The van der Waals surface area contributed by atoms with Gasteiger partial charge in [-0.05, 0) is 30.7 Å². The molecule has 1 aromatic carbocycles. The first-order valence-corrected chi connectivity index (χ1v) is 7.45. The van der Waals surface area contributed by atoms with Crippen LogP contribution < -0.4 is 20.1 Å². The molecule has 2 heterocycles. The van der Waals surface area contributed by atoms with E-state index >= 15 is 0 Å². The Morgan fingerprint density at radius 2 is 2.12 bits per heavy atom. The van der Waals surface area contributed by atoms with Crippen LogP contribution in [0.1, 0.15) is 22.8 Å². The van der Waals surface area contributed by atoms with Crippen molar-refractivity contribution in [3.8, 4) is 11.5 Å². The summed E-state index contributed by atoms with van der Waals surface area (Å²) in [6, 6.07) is 6.54. The van der Waals surface area contributed by atoms with Gasteiger partial charge in [-0.25, -0.2) is 4.98 Å². The van der Waals surface area contributed by atoms with Crippen LogP contribution in [0.3, 0.4) is 0 Å². The molecule has 0 aliphatic carbocycles. The molecule has 2 aromatic rings. The number of nitrogens with zero attached hydrogens (tertiary/aromatic N) is 1. The number of carbonyl (C=O) groups is 2. The largest absolute Gasteiger partial charge is 0.497 e. The molecule has 2 N–H and O–H groups in total. The topological polar surface area (TPSA) is 103 Å². The molecule has 1 saturated heterocycles. The molecule has 8 heteroatoms. The molecular formula is C16H17N3O5. The van der Waals surface area contributed by atoms with E-state index in [2.05, 4.69) is 15.6 Å². The van der Waals surface area contributed by atoms with Crippen LogP contribution in [-0.2, 0) is 11.4 Å². The SMILES string of the molecule is COc1ccc(OCc2nc(C(=O)NC3CCNC3=O)co2)cc1. The molecule has 24 heavy (non-hydrogen) atoms. The van der Waals surface area contributed by atoms with Crippen molar-refractivity contribution < 1.29 is 23.5 Å². The van der Waals surface area contributed by atoms with Crippen molar-refractivity contribution in [2.24, 2.45) is 0 Å². The Kier molecular flexibility index (Phi) is 4.64. The molecule has 2 amide bonds. The summed E-state index contributed by atoms with van der Waals surface area (Å²) in [4.78, 5) is 27.6. The second-order valence-corrected chi connectivity index (χ2v) is 5.20. The van der Waals surface area contributed by atoms with Gasteiger partial charge in [-0.1, -0.05) is 0 Å². The Morgan fingerprint density at radius 3 is 2.79 bits per heavy atom. The first-order valence-electron chi connectivity index (χ1n) is 7.45. The van der Waals surface area contributed by atoms with Gasteiger partial charge in [-0.15, -0.1) is 0 Å². The van der Waals surface area contributed by atoms with E-state index < -0.39 is 11.9 Å². The predicted molar refractivity (Wildman–Crippen MR) is 82.7 cm³/mol. The van der Waals surface area contributed by atoms with E-state index in [0.29, 0.717) is 18.7 Å². The smallest absolute Gasteiger partial charge is 0.273 e. The van der Waals surface area contributed by atoms with Crippen LogP contribution in [0.25, 0.3) is 0 Å². The number of hydrogen-bond donors (Lipinski definition) is 2. The number of rotatable bonds is 6. The highest BCUT2D eigenvalue weighted by Gasteiger charge is 2.26. The summed E-state index contributed by atoms with van der Waals surface area (Å²) in [7, 11) is 1.59. The molecule has 0 saturated carbocycles. The zero-order valence-electron chi connectivity index (χ0n) is 13.1. The molecule has 1 fully saturated rings. The summed E-state index contributed by atoms with van der Waals surface area (Å²) < 4.78 is 15.8. The minimum absolute atomic E-state index is 0.0868. The first kappa shape index (κ1) is 15.9. The highest BCUT2D eigenvalue weighted by Crippen LogP contribution is 2.18. The van der Waals surface area contributed by atoms with Crippen LogP contribution in [0, 0.1) is 0 Å². The predicted octanol–water partition coefficient (Wildman–Crippen LogP) is 0.880. The van der Waals surface area contributed by atoms with Crippen LogP contribution in [0.15, 0.2) is 34.9 Å². The maximum absolute atomic E-state index is 12.0. The molecular weight excluding hydrogens is 314 g/mol. The van der Waals surface area contributed by atoms with Gasteiger partial charge < -0.3 is 24.5 Å². The Bertz CT molecular complexity index is 726. The van der Waals surface area contributed by atoms with Gasteiger partial charge in [-0.3, -0.25) is 9.59 Å². The second kappa shape index (κ2) is 7.03. The van der Waals surface area contributed by atoms with E-state index in [-0.39, 0.29) is 24.1 Å². The summed E-state index contributed by atoms with van der Waals surface area (Å²) in [6.07, 6.45) is 1.81. The van der Waals surface area contributed by atoms with Gasteiger partial charge in [0.25, 0.3) is 5.91 Å². The van der Waals surface area contributed by atoms with Crippen molar-refractivity contribution in [2.75, 3.05) is 13.7 Å². The van der Waals surface area contributed by atoms with Gasteiger partial charge in [0.05, 0.1) is 7.11 Å². The van der Waals surface area contributed by atoms with Crippen LogP contribution in [0.2, 0.25) is 0 Å². The monoisotopic (exact) mass is 331 g/mol. The third-order valence-electron chi connectivity index (χ3n) is 3.56. The fourth-order valence-corrected chi connectivity index (χ4v) is 2.26. The van der Waals surface area contributed by atoms with Gasteiger partial charge in [-0.2, -0.15) is 0 Å². The molecule has 3 rings (SSSR count). The van der Waals surface area contributed by atoms with Gasteiger partial charge in [0, 0.05) is 6.54 Å². The Balaban J connectivity index is 1.54. The molecule has 1 unspecified atom stereocenters. The van der Waals surface area contributed by atoms with Crippen LogP contribution >= 0.6 is 0 Å². The highest BCUT2D eigenvalue weighted by molar-refractivity contribution is 5.96. The summed E-state index contributed by atoms with van der Waals surface area (Å²) >= 11 is 0. The number of hydrogen-bond acceptors (Lipinski definition) is 6. The third kappa shape index (κ3) is 3.65. The molecule has 1 aliphatic rings. The zero-order valence-corrected chi connectivity index (χ0v) is 13.1. The molecule has 0 radical (unpaired) electrons. The van der Waals surface area contributed by atoms with E-state index in [0.717, 1.165) is 5.75 Å². The lowest BCUT2D eigenvalue weighted by molar-refractivity contribution is -0.120. The average molecular weight is 331 g/mol. The van der Waals surface area contributed by atoms with Gasteiger partial charge in [0.1, 0.15) is 23.8 Å². The maximum atomic E-state index is 12.0. The fraction of sp³-hybridized carbons (Fsp3) is 0.312.